The molecule has 2 aliphatic rings. The Bertz CT molecular complexity index is 1230. The minimum absolute atomic E-state index is 0.231. The molecule has 2 aliphatic carbocycles. The number of carbonyl (C=O) groups is 2. The number of nitrogens with one attached hydrogen (secondary N) is 2. The molecule has 2 amide bonds. The summed E-state index contributed by atoms with van der Waals surface area (Å²) in [5.74, 6) is -0.573. The molecular formula is C25H26N4O2. The second-order valence-corrected chi connectivity index (χ2v) is 9.55. The molecule has 5 rings (SSSR count). The predicted octanol–water partition coefficient (Wildman–Crippen LogP) is 3.73. The number of hydrogen-bond acceptors (Lipinski definition) is 4. The van der Waals surface area contributed by atoms with Crippen LogP contribution in [-0.2, 0) is 15.6 Å². The molecular weight excluding hydrogens is 388 g/mol. The predicted molar refractivity (Wildman–Crippen MR) is 118 cm³/mol. The number of para-hydroxylation sites is 2. The maximum Gasteiger partial charge on any atom is 0.269 e. The second-order valence-electron chi connectivity index (χ2n) is 9.55. The number of nitrogens with zero attached hydrogens (tertiary/aromatic N) is 2. The molecule has 2 bridgehead atoms. The lowest BCUT2D eigenvalue weighted by atomic mass is 9.63. The van der Waals surface area contributed by atoms with E-state index in [1.807, 2.05) is 43.3 Å². The van der Waals surface area contributed by atoms with E-state index >= 15 is 0 Å². The molecule has 0 saturated heterocycles. The van der Waals surface area contributed by atoms with E-state index in [4.69, 9.17) is 9.97 Å². The highest BCUT2D eigenvalue weighted by atomic mass is 16.2. The number of fused-ring (bicyclic) bond motifs is 6. The molecule has 2 aromatic carbocycles. The molecule has 1 fully saturated rings. The fourth-order valence-corrected chi connectivity index (χ4v) is 5.55. The topological polar surface area (TPSA) is 84.0 Å². The van der Waals surface area contributed by atoms with Gasteiger partial charge in [0.25, 0.3) is 11.8 Å². The molecule has 2 unspecified atom stereocenters. The molecule has 3 aromatic rings. The van der Waals surface area contributed by atoms with Crippen molar-refractivity contribution < 1.29 is 9.59 Å². The molecule has 0 spiro atoms. The molecule has 1 aromatic heterocycles. The van der Waals surface area contributed by atoms with Crippen molar-refractivity contribution in [3.63, 3.8) is 0 Å². The number of hydrazine groups is 1. The van der Waals surface area contributed by atoms with E-state index in [0.717, 1.165) is 34.4 Å². The third kappa shape index (κ3) is 2.44. The highest BCUT2D eigenvalue weighted by Gasteiger charge is 2.73. The first-order valence-electron chi connectivity index (χ1n) is 10.7. The normalized spacial score (nSPS) is 25.3. The summed E-state index contributed by atoms with van der Waals surface area (Å²) in [6.07, 6.45) is 1.52. The van der Waals surface area contributed by atoms with E-state index in [1.54, 1.807) is 12.1 Å². The van der Waals surface area contributed by atoms with Crippen molar-refractivity contribution in [2.24, 2.45) is 5.41 Å². The Kier molecular flexibility index (Phi) is 4.04. The van der Waals surface area contributed by atoms with Gasteiger partial charge in [-0.05, 0) is 49.4 Å². The first-order valence-corrected chi connectivity index (χ1v) is 10.7. The fraction of sp³-hybridized carbons (Fsp3) is 0.360. The summed E-state index contributed by atoms with van der Waals surface area (Å²) < 4.78 is 0. The van der Waals surface area contributed by atoms with Gasteiger partial charge >= 0.3 is 0 Å². The van der Waals surface area contributed by atoms with Gasteiger partial charge in [-0.1, -0.05) is 50.6 Å². The summed E-state index contributed by atoms with van der Waals surface area (Å²) in [4.78, 5) is 36.1. The van der Waals surface area contributed by atoms with Crippen molar-refractivity contribution in [3.8, 4) is 0 Å². The molecule has 0 radical (unpaired) electrons. The maximum absolute atomic E-state index is 13.7. The molecule has 6 nitrogen and oxygen atoms in total. The number of amides is 2. The highest BCUT2D eigenvalue weighted by molar-refractivity contribution is 5.98. The molecule has 2 N–H and O–H groups in total. The van der Waals surface area contributed by atoms with E-state index in [0.29, 0.717) is 12.0 Å². The smallest absolute Gasteiger partial charge is 0.269 e. The first-order chi connectivity index (χ1) is 14.7. The molecule has 1 saturated carbocycles. The van der Waals surface area contributed by atoms with E-state index in [2.05, 4.69) is 31.6 Å². The minimum Gasteiger partial charge on any atom is -0.272 e. The molecule has 0 aliphatic heterocycles. The number of aryl methyl sites for hydroxylation is 1. The quantitative estimate of drug-likeness (QED) is 0.626. The largest absolute Gasteiger partial charge is 0.272 e. The van der Waals surface area contributed by atoms with Gasteiger partial charge in [-0.3, -0.25) is 20.4 Å². The van der Waals surface area contributed by atoms with Crippen LogP contribution in [0, 0.1) is 12.3 Å². The third-order valence-electron chi connectivity index (χ3n) is 7.93. The van der Waals surface area contributed by atoms with E-state index in [-0.39, 0.29) is 17.2 Å². The van der Waals surface area contributed by atoms with Crippen molar-refractivity contribution in [1.82, 2.24) is 20.8 Å². The third-order valence-corrected chi connectivity index (χ3v) is 7.93. The summed E-state index contributed by atoms with van der Waals surface area (Å²) >= 11 is 0. The van der Waals surface area contributed by atoms with Gasteiger partial charge in [-0.15, -0.1) is 0 Å². The maximum atomic E-state index is 13.7. The van der Waals surface area contributed by atoms with Crippen molar-refractivity contribution in [2.75, 3.05) is 0 Å². The van der Waals surface area contributed by atoms with Crippen LogP contribution in [0.1, 0.15) is 60.9 Å². The van der Waals surface area contributed by atoms with Gasteiger partial charge in [0, 0.05) is 11.0 Å². The number of benzene rings is 2. The lowest BCUT2D eigenvalue weighted by Gasteiger charge is -2.39. The van der Waals surface area contributed by atoms with E-state index < -0.39 is 10.8 Å². The van der Waals surface area contributed by atoms with Crippen LogP contribution >= 0.6 is 0 Å². The van der Waals surface area contributed by atoms with Crippen LogP contribution in [0.2, 0.25) is 0 Å². The lowest BCUT2D eigenvalue weighted by molar-refractivity contribution is -0.131. The summed E-state index contributed by atoms with van der Waals surface area (Å²) in [6.45, 7) is 8.39. The van der Waals surface area contributed by atoms with Crippen molar-refractivity contribution in [2.45, 2.75) is 51.4 Å². The van der Waals surface area contributed by atoms with Crippen LogP contribution in [0.5, 0.6) is 0 Å². The Morgan fingerprint density at radius 2 is 1.45 bits per heavy atom. The number of aromatic nitrogens is 2. The van der Waals surface area contributed by atoms with Gasteiger partial charge < -0.3 is 0 Å². The van der Waals surface area contributed by atoms with Gasteiger partial charge in [-0.2, -0.15) is 0 Å². The second kappa shape index (κ2) is 6.36. The Hall–Kier alpha value is -3.28. The summed E-state index contributed by atoms with van der Waals surface area (Å²) in [5.41, 5.74) is 8.63. The summed E-state index contributed by atoms with van der Waals surface area (Å²) in [6, 6.07) is 15.0. The Balaban J connectivity index is 1.52. The van der Waals surface area contributed by atoms with Crippen LogP contribution < -0.4 is 10.9 Å². The Morgan fingerprint density at radius 3 is 2.10 bits per heavy atom. The SMILES string of the molecule is Cc1ccc(C(=O)NNC(=O)C23CCC(C)(c4nc5ccccc5nc42)C3(C)C)cc1. The highest BCUT2D eigenvalue weighted by Crippen LogP contribution is 2.70. The van der Waals surface area contributed by atoms with Crippen molar-refractivity contribution in [1.29, 1.82) is 0 Å². The van der Waals surface area contributed by atoms with Crippen LogP contribution in [0.4, 0.5) is 0 Å². The van der Waals surface area contributed by atoms with E-state index in [1.165, 1.54) is 0 Å². The van der Waals surface area contributed by atoms with Crippen LogP contribution in [-0.4, -0.2) is 21.8 Å². The Labute approximate surface area is 181 Å². The zero-order valence-corrected chi connectivity index (χ0v) is 18.2. The van der Waals surface area contributed by atoms with Gasteiger partial charge in [0.1, 0.15) is 5.41 Å². The van der Waals surface area contributed by atoms with Crippen molar-refractivity contribution >= 4 is 22.8 Å². The average Bonchev–Trinajstić information content (AvgIpc) is 3.06. The van der Waals surface area contributed by atoms with Crippen LogP contribution in [0.15, 0.2) is 48.5 Å². The standard InChI is InChI=1S/C25H26N4O2/c1-15-9-11-16(12-10-15)21(30)28-29-22(31)25-14-13-24(4,23(25,2)3)19-20(25)27-18-8-6-5-7-17(18)26-19/h5-12H,13-14H2,1-4H3,(H,28,30)(H,29,31). The van der Waals surface area contributed by atoms with Crippen molar-refractivity contribution in [3.05, 3.63) is 71.0 Å². The monoisotopic (exact) mass is 414 g/mol. The van der Waals surface area contributed by atoms with Gasteiger partial charge in [0.2, 0.25) is 0 Å². The average molecular weight is 415 g/mol. The number of carbonyl (C=O) groups excluding carboxylic acids is 2. The van der Waals surface area contributed by atoms with Gasteiger partial charge in [0.15, 0.2) is 0 Å². The van der Waals surface area contributed by atoms with Crippen LogP contribution in [0.25, 0.3) is 11.0 Å². The molecule has 1 heterocycles. The fourth-order valence-electron chi connectivity index (χ4n) is 5.55. The van der Waals surface area contributed by atoms with Gasteiger partial charge in [-0.25, -0.2) is 9.97 Å². The molecule has 6 heteroatoms. The molecule has 2 atom stereocenters. The number of rotatable bonds is 2. The lowest BCUT2D eigenvalue weighted by Crippen LogP contribution is -2.55. The summed E-state index contributed by atoms with van der Waals surface area (Å²) in [5, 5.41) is 0. The zero-order chi connectivity index (χ0) is 22.0. The zero-order valence-electron chi connectivity index (χ0n) is 18.2. The first kappa shape index (κ1) is 19.7. The minimum atomic E-state index is -0.853. The van der Waals surface area contributed by atoms with Gasteiger partial charge in [0.05, 0.1) is 22.4 Å². The van der Waals surface area contributed by atoms with E-state index in [9.17, 15) is 9.59 Å². The van der Waals surface area contributed by atoms with Crippen LogP contribution in [0.3, 0.4) is 0 Å². The molecule has 158 valence electrons. The number of hydrogen-bond donors (Lipinski definition) is 2. The molecule has 31 heavy (non-hydrogen) atoms. The summed E-state index contributed by atoms with van der Waals surface area (Å²) in [7, 11) is 0. The Morgan fingerprint density at radius 1 is 0.839 bits per heavy atom.